The van der Waals surface area contributed by atoms with E-state index in [0.717, 1.165) is 42.6 Å². The van der Waals surface area contributed by atoms with Crippen molar-refractivity contribution in [3.8, 4) is 11.3 Å². The van der Waals surface area contributed by atoms with E-state index in [9.17, 15) is 0 Å². The molecule has 0 saturated heterocycles. The van der Waals surface area contributed by atoms with Gasteiger partial charge in [-0.15, -0.1) is 11.3 Å². The standard InChI is InChI=1S/C22H26N4S/c1-15-24-20(16-8-6-5-7-9-16)19(27-15)14-26-11-10-18-17(13-26)12-23-21(25-18)22(2,3)4/h5-9,12H,10-11,13-14H2,1-4H3. The molecule has 0 atom stereocenters. The number of aromatic nitrogens is 3. The molecule has 1 aliphatic rings. The van der Waals surface area contributed by atoms with Gasteiger partial charge >= 0.3 is 0 Å². The molecule has 0 aliphatic carbocycles. The van der Waals surface area contributed by atoms with Gasteiger partial charge in [0.1, 0.15) is 5.82 Å². The Balaban J connectivity index is 1.55. The van der Waals surface area contributed by atoms with Crippen LogP contribution in [0.2, 0.25) is 0 Å². The molecule has 0 unspecified atom stereocenters. The number of nitrogens with zero attached hydrogens (tertiary/aromatic N) is 4. The number of rotatable bonds is 3. The van der Waals surface area contributed by atoms with Crippen LogP contribution in [0.1, 0.15) is 47.7 Å². The van der Waals surface area contributed by atoms with Crippen LogP contribution in [0.15, 0.2) is 36.5 Å². The lowest BCUT2D eigenvalue weighted by Gasteiger charge is -2.29. The molecular formula is C22H26N4S. The van der Waals surface area contributed by atoms with E-state index in [1.54, 1.807) is 11.3 Å². The highest BCUT2D eigenvalue weighted by atomic mass is 32.1. The second-order valence-corrected chi connectivity index (χ2v) is 9.53. The summed E-state index contributed by atoms with van der Waals surface area (Å²) in [6.07, 6.45) is 3.02. The Morgan fingerprint density at radius 2 is 1.89 bits per heavy atom. The van der Waals surface area contributed by atoms with Gasteiger partial charge in [-0.2, -0.15) is 0 Å². The normalized spacial score (nSPS) is 15.0. The van der Waals surface area contributed by atoms with Crippen LogP contribution in [-0.2, 0) is 24.9 Å². The molecule has 0 bridgehead atoms. The lowest BCUT2D eigenvalue weighted by Crippen LogP contribution is -2.31. The van der Waals surface area contributed by atoms with E-state index in [1.807, 2.05) is 6.20 Å². The summed E-state index contributed by atoms with van der Waals surface area (Å²) >= 11 is 1.81. The molecule has 27 heavy (non-hydrogen) atoms. The highest BCUT2D eigenvalue weighted by molar-refractivity contribution is 7.12. The van der Waals surface area contributed by atoms with Crippen molar-refractivity contribution in [3.63, 3.8) is 0 Å². The Kier molecular flexibility index (Phi) is 4.82. The first-order chi connectivity index (χ1) is 12.9. The SMILES string of the molecule is Cc1nc(-c2ccccc2)c(CN2CCc3nc(C(C)(C)C)ncc3C2)s1. The number of thiazole rings is 1. The molecule has 2 aromatic heterocycles. The average Bonchev–Trinajstić information content (AvgIpc) is 3.01. The second kappa shape index (κ2) is 7.13. The molecule has 3 heterocycles. The molecule has 1 aromatic carbocycles. The van der Waals surface area contributed by atoms with Gasteiger partial charge in [0.15, 0.2) is 0 Å². The Bertz CT molecular complexity index is 941. The topological polar surface area (TPSA) is 41.9 Å². The molecule has 140 valence electrons. The van der Waals surface area contributed by atoms with Crippen LogP contribution in [0.3, 0.4) is 0 Å². The molecule has 0 N–H and O–H groups in total. The fourth-order valence-electron chi connectivity index (χ4n) is 3.47. The van der Waals surface area contributed by atoms with Gasteiger partial charge in [0.05, 0.1) is 10.7 Å². The van der Waals surface area contributed by atoms with Gasteiger partial charge in [0, 0.05) is 59.4 Å². The monoisotopic (exact) mass is 378 g/mol. The van der Waals surface area contributed by atoms with Crippen LogP contribution in [0.4, 0.5) is 0 Å². The van der Waals surface area contributed by atoms with Gasteiger partial charge in [-0.25, -0.2) is 15.0 Å². The zero-order chi connectivity index (χ0) is 19.0. The molecule has 4 rings (SSSR count). The number of hydrogen-bond donors (Lipinski definition) is 0. The van der Waals surface area contributed by atoms with Crippen LogP contribution in [0.5, 0.6) is 0 Å². The molecule has 0 amide bonds. The summed E-state index contributed by atoms with van der Waals surface area (Å²) in [7, 11) is 0. The fraction of sp³-hybridized carbons (Fsp3) is 0.409. The number of aryl methyl sites for hydroxylation is 1. The van der Waals surface area contributed by atoms with Crippen molar-refractivity contribution in [1.82, 2.24) is 19.9 Å². The van der Waals surface area contributed by atoms with Crippen molar-refractivity contribution in [3.05, 3.63) is 63.5 Å². The minimum absolute atomic E-state index is 0.00306. The largest absolute Gasteiger partial charge is 0.293 e. The van der Waals surface area contributed by atoms with Gasteiger partial charge in [0.2, 0.25) is 0 Å². The minimum atomic E-state index is -0.00306. The van der Waals surface area contributed by atoms with Crippen molar-refractivity contribution in [2.24, 2.45) is 0 Å². The fourth-order valence-corrected chi connectivity index (χ4v) is 4.47. The van der Waals surface area contributed by atoms with E-state index in [2.05, 4.69) is 67.9 Å². The zero-order valence-electron chi connectivity index (χ0n) is 16.5. The summed E-state index contributed by atoms with van der Waals surface area (Å²) < 4.78 is 0. The third-order valence-electron chi connectivity index (χ3n) is 4.90. The predicted molar refractivity (Wildman–Crippen MR) is 111 cm³/mol. The number of fused-ring (bicyclic) bond motifs is 1. The van der Waals surface area contributed by atoms with Crippen LogP contribution < -0.4 is 0 Å². The number of benzene rings is 1. The second-order valence-electron chi connectivity index (χ2n) is 8.25. The molecule has 0 saturated carbocycles. The van der Waals surface area contributed by atoms with E-state index in [-0.39, 0.29) is 5.41 Å². The van der Waals surface area contributed by atoms with E-state index in [4.69, 9.17) is 9.97 Å². The highest BCUT2D eigenvalue weighted by Gasteiger charge is 2.24. The molecule has 4 nitrogen and oxygen atoms in total. The molecular weight excluding hydrogens is 352 g/mol. The summed E-state index contributed by atoms with van der Waals surface area (Å²) in [6, 6.07) is 10.5. The Hall–Kier alpha value is -2.11. The van der Waals surface area contributed by atoms with E-state index in [0.29, 0.717) is 0 Å². The van der Waals surface area contributed by atoms with Crippen LogP contribution >= 0.6 is 11.3 Å². The summed E-state index contributed by atoms with van der Waals surface area (Å²) in [5, 5.41) is 1.12. The Morgan fingerprint density at radius 1 is 1.11 bits per heavy atom. The van der Waals surface area contributed by atoms with E-state index >= 15 is 0 Å². The average molecular weight is 379 g/mol. The van der Waals surface area contributed by atoms with Crippen molar-refractivity contribution in [2.45, 2.75) is 52.6 Å². The van der Waals surface area contributed by atoms with Gasteiger partial charge in [-0.05, 0) is 6.92 Å². The first-order valence-electron chi connectivity index (χ1n) is 9.49. The first kappa shape index (κ1) is 18.3. The van der Waals surface area contributed by atoms with Gasteiger partial charge < -0.3 is 0 Å². The van der Waals surface area contributed by atoms with Crippen LogP contribution in [0.25, 0.3) is 11.3 Å². The number of hydrogen-bond acceptors (Lipinski definition) is 5. The predicted octanol–water partition coefficient (Wildman–Crippen LogP) is 4.76. The van der Waals surface area contributed by atoms with Gasteiger partial charge in [0.25, 0.3) is 0 Å². The lowest BCUT2D eigenvalue weighted by molar-refractivity contribution is 0.244. The Labute approximate surface area is 165 Å². The third-order valence-corrected chi connectivity index (χ3v) is 5.86. The van der Waals surface area contributed by atoms with E-state index < -0.39 is 0 Å². The first-order valence-corrected chi connectivity index (χ1v) is 10.3. The zero-order valence-corrected chi connectivity index (χ0v) is 17.3. The molecule has 0 fully saturated rings. The van der Waals surface area contributed by atoms with Crippen LogP contribution in [0, 0.1) is 6.92 Å². The van der Waals surface area contributed by atoms with Crippen molar-refractivity contribution in [1.29, 1.82) is 0 Å². The maximum absolute atomic E-state index is 4.85. The van der Waals surface area contributed by atoms with Crippen LogP contribution in [-0.4, -0.2) is 26.4 Å². The summed E-state index contributed by atoms with van der Waals surface area (Å²) in [5.74, 6) is 0.944. The molecule has 1 aliphatic heterocycles. The molecule has 0 spiro atoms. The summed E-state index contributed by atoms with van der Waals surface area (Å²) in [4.78, 5) is 18.1. The van der Waals surface area contributed by atoms with Crippen molar-refractivity contribution in [2.75, 3.05) is 6.54 Å². The van der Waals surface area contributed by atoms with Gasteiger partial charge in [-0.3, -0.25) is 4.90 Å². The maximum atomic E-state index is 4.85. The molecule has 5 heteroatoms. The smallest absolute Gasteiger partial charge is 0.133 e. The molecule has 0 radical (unpaired) electrons. The van der Waals surface area contributed by atoms with Crippen molar-refractivity contribution >= 4 is 11.3 Å². The molecule has 3 aromatic rings. The summed E-state index contributed by atoms with van der Waals surface area (Å²) in [6.45, 7) is 11.5. The highest BCUT2D eigenvalue weighted by Crippen LogP contribution is 2.30. The van der Waals surface area contributed by atoms with Gasteiger partial charge in [-0.1, -0.05) is 51.1 Å². The maximum Gasteiger partial charge on any atom is 0.133 e. The lowest BCUT2D eigenvalue weighted by atomic mass is 9.95. The van der Waals surface area contributed by atoms with Crippen molar-refractivity contribution < 1.29 is 0 Å². The summed E-state index contributed by atoms with van der Waals surface area (Å²) in [5.41, 5.74) is 4.80. The van der Waals surface area contributed by atoms with E-state index in [1.165, 1.54) is 21.7 Å². The quantitative estimate of drug-likeness (QED) is 0.659. The Morgan fingerprint density at radius 3 is 2.63 bits per heavy atom. The minimum Gasteiger partial charge on any atom is -0.293 e. The third kappa shape index (κ3) is 3.94.